The molecule has 1 amide bonds. The molecule has 0 heterocycles. The molecule has 1 atom stereocenters. The van der Waals surface area contributed by atoms with Crippen molar-refractivity contribution in [2.45, 2.75) is 51.6 Å². The van der Waals surface area contributed by atoms with Crippen LogP contribution < -0.4 is 0 Å². The SMILES string of the molecule is CC(C)(C)N(C(=O)O)C(C)(CO)CCc1ccc(O)cc1. The van der Waals surface area contributed by atoms with Gasteiger partial charge in [0.15, 0.2) is 0 Å². The Kier molecular flexibility index (Phi) is 5.23. The zero-order chi connectivity index (χ0) is 16.3. The number of phenols is 1. The second-order valence-corrected chi connectivity index (χ2v) is 6.61. The summed E-state index contributed by atoms with van der Waals surface area (Å²) in [5, 5.41) is 28.5. The minimum Gasteiger partial charge on any atom is -0.508 e. The molecule has 5 heteroatoms. The first-order valence-corrected chi connectivity index (χ1v) is 7.02. The zero-order valence-electron chi connectivity index (χ0n) is 13.1. The average Bonchev–Trinajstić information content (AvgIpc) is 2.36. The molecule has 3 N–H and O–H groups in total. The van der Waals surface area contributed by atoms with Crippen molar-refractivity contribution in [2.75, 3.05) is 6.61 Å². The number of aliphatic hydroxyl groups is 1. The monoisotopic (exact) mass is 295 g/mol. The fourth-order valence-electron chi connectivity index (χ4n) is 2.67. The molecule has 0 spiro atoms. The largest absolute Gasteiger partial charge is 0.508 e. The Morgan fingerprint density at radius 2 is 1.67 bits per heavy atom. The minimum atomic E-state index is -1.04. The zero-order valence-corrected chi connectivity index (χ0v) is 13.1. The number of benzene rings is 1. The Balaban J connectivity index is 2.92. The van der Waals surface area contributed by atoms with Crippen LogP contribution in [-0.2, 0) is 6.42 Å². The molecule has 0 saturated heterocycles. The molecule has 1 unspecified atom stereocenters. The Hall–Kier alpha value is -1.75. The number of carboxylic acid groups (broad SMARTS) is 1. The topological polar surface area (TPSA) is 81.0 Å². The van der Waals surface area contributed by atoms with Crippen LogP contribution >= 0.6 is 0 Å². The van der Waals surface area contributed by atoms with Crippen molar-refractivity contribution >= 4 is 6.09 Å². The number of rotatable bonds is 5. The van der Waals surface area contributed by atoms with Gasteiger partial charge in [-0.3, -0.25) is 4.90 Å². The maximum atomic E-state index is 11.6. The van der Waals surface area contributed by atoms with Gasteiger partial charge in [-0.1, -0.05) is 12.1 Å². The molecule has 0 fully saturated rings. The van der Waals surface area contributed by atoms with Crippen LogP contribution in [0.2, 0.25) is 0 Å². The molecule has 0 aliphatic heterocycles. The van der Waals surface area contributed by atoms with Crippen LogP contribution in [0.3, 0.4) is 0 Å². The van der Waals surface area contributed by atoms with Crippen molar-refractivity contribution in [1.29, 1.82) is 0 Å². The number of aryl methyl sites for hydroxylation is 1. The van der Waals surface area contributed by atoms with Gasteiger partial charge < -0.3 is 15.3 Å². The number of phenolic OH excluding ortho intramolecular Hbond substituents is 1. The summed E-state index contributed by atoms with van der Waals surface area (Å²) in [5.74, 6) is 0.200. The molecule has 1 aromatic rings. The third-order valence-electron chi connectivity index (χ3n) is 3.63. The maximum absolute atomic E-state index is 11.6. The molecule has 0 aliphatic rings. The van der Waals surface area contributed by atoms with Gasteiger partial charge in [-0.25, -0.2) is 4.79 Å². The van der Waals surface area contributed by atoms with Crippen molar-refractivity contribution in [3.8, 4) is 5.75 Å². The van der Waals surface area contributed by atoms with Crippen LogP contribution in [0.5, 0.6) is 5.75 Å². The summed E-state index contributed by atoms with van der Waals surface area (Å²) in [4.78, 5) is 12.9. The number of amides is 1. The molecule has 0 aromatic heterocycles. The number of aliphatic hydroxyl groups excluding tert-OH is 1. The normalized spacial score (nSPS) is 14.5. The summed E-state index contributed by atoms with van der Waals surface area (Å²) in [6.45, 7) is 6.96. The van der Waals surface area contributed by atoms with Gasteiger partial charge in [0.1, 0.15) is 5.75 Å². The smallest absolute Gasteiger partial charge is 0.408 e. The van der Waals surface area contributed by atoms with Crippen LogP contribution in [0.15, 0.2) is 24.3 Å². The average molecular weight is 295 g/mol. The van der Waals surface area contributed by atoms with Crippen molar-refractivity contribution in [3.63, 3.8) is 0 Å². The first-order valence-electron chi connectivity index (χ1n) is 7.02. The lowest BCUT2D eigenvalue weighted by molar-refractivity contribution is -0.0106. The quantitative estimate of drug-likeness (QED) is 0.780. The number of nitrogens with zero attached hydrogens (tertiary/aromatic N) is 1. The Morgan fingerprint density at radius 3 is 2.05 bits per heavy atom. The van der Waals surface area contributed by atoms with Gasteiger partial charge in [0.05, 0.1) is 12.1 Å². The molecular weight excluding hydrogens is 270 g/mol. The third-order valence-corrected chi connectivity index (χ3v) is 3.63. The van der Waals surface area contributed by atoms with E-state index in [2.05, 4.69) is 0 Å². The molecule has 5 nitrogen and oxygen atoms in total. The number of hydrogen-bond donors (Lipinski definition) is 3. The molecule has 118 valence electrons. The highest BCUT2D eigenvalue weighted by molar-refractivity contribution is 5.67. The van der Waals surface area contributed by atoms with E-state index in [1.165, 1.54) is 4.90 Å². The van der Waals surface area contributed by atoms with Crippen LogP contribution in [0, 0.1) is 0 Å². The lowest BCUT2D eigenvalue weighted by Gasteiger charge is -2.46. The molecular formula is C16H25NO4. The van der Waals surface area contributed by atoms with E-state index in [0.717, 1.165) is 5.56 Å². The Labute approximate surface area is 125 Å². The van der Waals surface area contributed by atoms with Gasteiger partial charge >= 0.3 is 6.09 Å². The summed E-state index contributed by atoms with van der Waals surface area (Å²) in [7, 11) is 0. The lowest BCUT2D eigenvalue weighted by atomic mass is 9.88. The number of hydrogen-bond acceptors (Lipinski definition) is 3. The summed E-state index contributed by atoms with van der Waals surface area (Å²) in [6, 6.07) is 6.80. The standard InChI is InChI=1S/C16H25NO4/c1-15(2,3)17(14(20)21)16(4,11-18)10-9-12-5-7-13(19)8-6-12/h5-8,18-19H,9-11H2,1-4H3,(H,20,21). The fraction of sp³-hybridized carbons (Fsp3) is 0.562. The van der Waals surface area contributed by atoms with E-state index >= 15 is 0 Å². The van der Waals surface area contributed by atoms with Gasteiger partial charge in [0.2, 0.25) is 0 Å². The van der Waals surface area contributed by atoms with E-state index < -0.39 is 17.2 Å². The first kappa shape index (κ1) is 17.3. The van der Waals surface area contributed by atoms with E-state index in [-0.39, 0.29) is 12.4 Å². The summed E-state index contributed by atoms with van der Waals surface area (Å²) in [6.07, 6.45) is 0.0828. The van der Waals surface area contributed by atoms with Crippen molar-refractivity contribution in [1.82, 2.24) is 4.90 Å². The van der Waals surface area contributed by atoms with Crippen LogP contribution in [0.1, 0.15) is 39.7 Å². The highest BCUT2D eigenvalue weighted by Crippen LogP contribution is 2.29. The number of carbonyl (C=O) groups is 1. The summed E-state index contributed by atoms with van der Waals surface area (Å²) >= 11 is 0. The van der Waals surface area contributed by atoms with Crippen molar-refractivity contribution in [2.24, 2.45) is 0 Å². The highest BCUT2D eigenvalue weighted by atomic mass is 16.4. The van der Waals surface area contributed by atoms with Gasteiger partial charge in [0, 0.05) is 5.54 Å². The summed E-state index contributed by atoms with van der Waals surface area (Å²) in [5.41, 5.74) is -0.466. The third kappa shape index (κ3) is 4.36. The van der Waals surface area contributed by atoms with Crippen LogP contribution in [0.25, 0.3) is 0 Å². The Morgan fingerprint density at radius 1 is 1.14 bits per heavy atom. The summed E-state index contributed by atoms with van der Waals surface area (Å²) < 4.78 is 0. The van der Waals surface area contributed by atoms with E-state index in [0.29, 0.717) is 12.8 Å². The first-order chi connectivity index (χ1) is 9.60. The van der Waals surface area contributed by atoms with Gasteiger partial charge in [-0.15, -0.1) is 0 Å². The molecule has 1 rings (SSSR count). The van der Waals surface area contributed by atoms with Crippen LogP contribution in [-0.4, -0.2) is 44.0 Å². The molecule has 0 saturated carbocycles. The minimum absolute atomic E-state index is 0.200. The predicted octanol–water partition coefficient (Wildman–Crippen LogP) is 2.85. The lowest BCUT2D eigenvalue weighted by Crippen LogP contribution is -2.60. The molecule has 0 bridgehead atoms. The highest BCUT2D eigenvalue weighted by Gasteiger charge is 2.41. The molecule has 21 heavy (non-hydrogen) atoms. The van der Waals surface area contributed by atoms with Gasteiger partial charge in [0.25, 0.3) is 0 Å². The van der Waals surface area contributed by atoms with E-state index in [1.807, 2.05) is 20.8 Å². The van der Waals surface area contributed by atoms with Crippen molar-refractivity contribution < 1.29 is 20.1 Å². The van der Waals surface area contributed by atoms with Crippen LogP contribution in [0.4, 0.5) is 4.79 Å². The van der Waals surface area contributed by atoms with Gasteiger partial charge in [-0.2, -0.15) is 0 Å². The van der Waals surface area contributed by atoms with E-state index in [9.17, 15) is 20.1 Å². The second kappa shape index (κ2) is 6.35. The van der Waals surface area contributed by atoms with E-state index in [4.69, 9.17) is 0 Å². The van der Waals surface area contributed by atoms with Gasteiger partial charge in [-0.05, 0) is 58.2 Å². The predicted molar refractivity (Wildman–Crippen MR) is 81.5 cm³/mol. The molecule has 1 aromatic carbocycles. The number of aromatic hydroxyl groups is 1. The fourth-order valence-corrected chi connectivity index (χ4v) is 2.67. The molecule has 0 radical (unpaired) electrons. The Bertz CT molecular complexity index is 478. The molecule has 0 aliphatic carbocycles. The van der Waals surface area contributed by atoms with Crippen molar-refractivity contribution in [3.05, 3.63) is 29.8 Å². The maximum Gasteiger partial charge on any atom is 0.408 e. The second-order valence-electron chi connectivity index (χ2n) is 6.61. The van der Waals surface area contributed by atoms with E-state index in [1.54, 1.807) is 31.2 Å².